The topological polar surface area (TPSA) is 32.3 Å². The van der Waals surface area contributed by atoms with Crippen LogP contribution in [0.1, 0.15) is 16.8 Å². The van der Waals surface area contributed by atoms with Gasteiger partial charge in [-0.2, -0.15) is 0 Å². The van der Waals surface area contributed by atoms with E-state index in [9.17, 15) is 9.18 Å². The quantitative estimate of drug-likeness (QED) is 0.794. The number of nitrogens with one attached hydrogen (secondary N) is 1. The number of carbonyl (C=O) groups excluding carboxylic acids is 1. The van der Waals surface area contributed by atoms with E-state index < -0.39 is 0 Å². The number of benzene rings is 1. The van der Waals surface area contributed by atoms with E-state index in [0.717, 1.165) is 26.1 Å². The summed E-state index contributed by atoms with van der Waals surface area (Å²) in [5.74, 6) is 0.237. The molecule has 1 aromatic rings. The molecule has 1 saturated heterocycles. The zero-order valence-electron chi connectivity index (χ0n) is 10.7. The highest BCUT2D eigenvalue weighted by Gasteiger charge is 2.27. The van der Waals surface area contributed by atoms with Crippen molar-refractivity contribution in [1.82, 2.24) is 10.2 Å². The number of carbonyl (C=O) groups is 1. The monoisotopic (exact) mass is 398 g/mol. The van der Waals surface area contributed by atoms with Crippen LogP contribution in [0.5, 0.6) is 0 Å². The summed E-state index contributed by atoms with van der Waals surface area (Å²) in [5.41, 5.74) is 0.599. The van der Waals surface area contributed by atoms with Gasteiger partial charge in [-0.15, -0.1) is 12.4 Å². The molecular weight excluding hydrogens is 382 g/mol. The molecule has 1 N–H and O–H groups in total. The highest BCUT2D eigenvalue weighted by molar-refractivity contribution is 14.1. The maximum Gasteiger partial charge on any atom is 0.254 e. The molecule has 0 spiro atoms. The van der Waals surface area contributed by atoms with Crippen molar-refractivity contribution in [3.63, 3.8) is 0 Å². The Balaban J connectivity index is 0.00000180. The third-order valence-electron chi connectivity index (χ3n) is 3.23. The van der Waals surface area contributed by atoms with Crippen LogP contribution in [-0.4, -0.2) is 37.5 Å². The molecule has 0 saturated carbocycles. The van der Waals surface area contributed by atoms with E-state index in [4.69, 9.17) is 0 Å². The smallest absolute Gasteiger partial charge is 0.254 e. The second kappa shape index (κ2) is 7.40. The molecule has 1 amide bonds. The minimum absolute atomic E-state index is 0. The molecule has 0 aromatic heterocycles. The first-order valence-corrected chi connectivity index (χ1v) is 7.08. The van der Waals surface area contributed by atoms with Gasteiger partial charge in [-0.1, -0.05) is 0 Å². The molecule has 1 atom stereocenters. The van der Waals surface area contributed by atoms with Crippen molar-refractivity contribution in [2.75, 3.05) is 26.7 Å². The summed E-state index contributed by atoms with van der Waals surface area (Å²) in [6.45, 7) is 2.51. The summed E-state index contributed by atoms with van der Waals surface area (Å²) in [4.78, 5) is 14.2. The zero-order chi connectivity index (χ0) is 13.1. The maximum atomic E-state index is 13.0. The lowest BCUT2D eigenvalue weighted by Crippen LogP contribution is -2.30. The predicted octanol–water partition coefficient (Wildman–Crippen LogP) is 2.53. The highest BCUT2D eigenvalue weighted by Crippen LogP contribution is 2.21. The Hall–Kier alpha value is -0.400. The van der Waals surface area contributed by atoms with Crippen molar-refractivity contribution in [2.24, 2.45) is 5.92 Å². The van der Waals surface area contributed by atoms with Crippen LogP contribution in [0, 0.1) is 15.3 Å². The largest absolute Gasteiger partial charge is 0.338 e. The number of amides is 1. The summed E-state index contributed by atoms with van der Waals surface area (Å²) in [7, 11) is 1.92. The van der Waals surface area contributed by atoms with Gasteiger partial charge >= 0.3 is 0 Å². The Morgan fingerprint density at radius 3 is 2.95 bits per heavy atom. The molecule has 19 heavy (non-hydrogen) atoms. The molecule has 6 heteroatoms. The molecule has 2 rings (SSSR count). The number of nitrogens with zero attached hydrogens (tertiary/aromatic N) is 1. The van der Waals surface area contributed by atoms with Gasteiger partial charge in [-0.05, 0) is 66.7 Å². The molecule has 1 unspecified atom stereocenters. The van der Waals surface area contributed by atoms with Crippen molar-refractivity contribution >= 4 is 40.9 Å². The van der Waals surface area contributed by atoms with Crippen molar-refractivity contribution < 1.29 is 9.18 Å². The summed E-state index contributed by atoms with van der Waals surface area (Å²) in [6, 6.07) is 4.32. The summed E-state index contributed by atoms with van der Waals surface area (Å²) in [5, 5.41) is 3.14. The van der Waals surface area contributed by atoms with E-state index in [-0.39, 0.29) is 24.1 Å². The number of likely N-dealkylation sites (tertiary alicyclic amines) is 1. The van der Waals surface area contributed by atoms with Crippen LogP contribution in [0.15, 0.2) is 18.2 Å². The van der Waals surface area contributed by atoms with Gasteiger partial charge in [0.05, 0.1) is 5.56 Å². The molecule has 0 bridgehead atoms. The highest BCUT2D eigenvalue weighted by atomic mass is 127. The van der Waals surface area contributed by atoms with Crippen LogP contribution < -0.4 is 5.32 Å². The average Bonchev–Trinajstić information content (AvgIpc) is 2.77. The number of rotatable bonds is 3. The molecule has 106 valence electrons. The second-order valence-electron chi connectivity index (χ2n) is 4.59. The van der Waals surface area contributed by atoms with Crippen LogP contribution in [-0.2, 0) is 0 Å². The maximum absolute atomic E-state index is 13.0. The Kier molecular flexibility index (Phi) is 6.49. The lowest BCUT2D eigenvalue weighted by atomic mass is 10.1. The standard InChI is InChI=1S/C13H16FIN2O.ClH/c1-16-7-9-4-5-17(8-9)13(18)11-3-2-10(14)6-12(11)15;/h2-3,6,9,16H,4-5,7-8H2,1H3;1H. The Morgan fingerprint density at radius 2 is 2.32 bits per heavy atom. The molecule has 0 radical (unpaired) electrons. The van der Waals surface area contributed by atoms with E-state index in [1.807, 2.05) is 34.5 Å². The fourth-order valence-corrected chi connectivity index (χ4v) is 3.01. The first-order chi connectivity index (χ1) is 8.61. The van der Waals surface area contributed by atoms with E-state index in [1.54, 1.807) is 6.07 Å². The molecule has 1 fully saturated rings. The van der Waals surface area contributed by atoms with Gasteiger partial charge < -0.3 is 10.2 Å². The van der Waals surface area contributed by atoms with Crippen molar-refractivity contribution in [2.45, 2.75) is 6.42 Å². The van der Waals surface area contributed by atoms with Crippen LogP contribution >= 0.6 is 35.0 Å². The second-order valence-corrected chi connectivity index (χ2v) is 5.75. The summed E-state index contributed by atoms with van der Waals surface area (Å²) < 4.78 is 13.7. The van der Waals surface area contributed by atoms with Crippen molar-refractivity contribution in [3.8, 4) is 0 Å². The minimum atomic E-state index is -0.301. The molecule has 3 nitrogen and oxygen atoms in total. The van der Waals surface area contributed by atoms with Gasteiger partial charge in [-0.3, -0.25) is 4.79 Å². The van der Waals surface area contributed by atoms with Crippen LogP contribution in [0.3, 0.4) is 0 Å². The first-order valence-electron chi connectivity index (χ1n) is 6.00. The first kappa shape index (κ1) is 16.7. The lowest BCUT2D eigenvalue weighted by molar-refractivity contribution is 0.0786. The van der Waals surface area contributed by atoms with Crippen molar-refractivity contribution in [1.29, 1.82) is 0 Å². The molecule has 1 aliphatic heterocycles. The van der Waals surface area contributed by atoms with Gasteiger partial charge in [0.15, 0.2) is 0 Å². The minimum Gasteiger partial charge on any atom is -0.338 e. The van der Waals surface area contributed by atoms with Gasteiger partial charge in [0.1, 0.15) is 5.82 Å². The third kappa shape index (κ3) is 4.03. The van der Waals surface area contributed by atoms with Gasteiger partial charge in [0.2, 0.25) is 0 Å². The predicted molar refractivity (Wildman–Crippen MR) is 84.3 cm³/mol. The van der Waals surface area contributed by atoms with E-state index in [2.05, 4.69) is 5.32 Å². The molecule has 1 aromatic carbocycles. The SMILES string of the molecule is CNCC1CCN(C(=O)c2ccc(F)cc2I)C1.Cl. The molecule has 1 heterocycles. The third-order valence-corrected chi connectivity index (χ3v) is 4.12. The van der Waals surface area contributed by atoms with E-state index in [0.29, 0.717) is 15.1 Å². The normalized spacial score (nSPS) is 18.3. The van der Waals surface area contributed by atoms with Gasteiger partial charge in [0, 0.05) is 16.7 Å². The molecular formula is C13H17ClFIN2O. The zero-order valence-corrected chi connectivity index (χ0v) is 13.6. The van der Waals surface area contributed by atoms with Crippen LogP contribution in [0.2, 0.25) is 0 Å². The number of halogens is 3. The van der Waals surface area contributed by atoms with Crippen LogP contribution in [0.25, 0.3) is 0 Å². The Bertz CT molecular complexity index is 458. The van der Waals surface area contributed by atoms with Gasteiger partial charge in [0.25, 0.3) is 5.91 Å². The molecule has 0 aliphatic carbocycles. The molecule has 1 aliphatic rings. The van der Waals surface area contributed by atoms with Gasteiger partial charge in [-0.25, -0.2) is 4.39 Å². The van der Waals surface area contributed by atoms with Crippen molar-refractivity contribution in [3.05, 3.63) is 33.1 Å². The van der Waals surface area contributed by atoms with E-state index >= 15 is 0 Å². The fourth-order valence-electron chi connectivity index (χ4n) is 2.31. The fraction of sp³-hybridized carbons (Fsp3) is 0.462. The number of hydrogen-bond acceptors (Lipinski definition) is 2. The summed E-state index contributed by atoms with van der Waals surface area (Å²) in [6.07, 6.45) is 1.03. The van der Waals surface area contributed by atoms with Crippen LogP contribution in [0.4, 0.5) is 4.39 Å². The number of hydrogen-bond donors (Lipinski definition) is 1. The average molecular weight is 399 g/mol. The Morgan fingerprint density at radius 1 is 1.58 bits per heavy atom. The summed E-state index contributed by atoms with van der Waals surface area (Å²) >= 11 is 2.01. The Labute approximate surface area is 132 Å². The van der Waals surface area contributed by atoms with E-state index in [1.165, 1.54) is 12.1 Å². The lowest BCUT2D eigenvalue weighted by Gasteiger charge is -2.17.